The number of aromatic nitrogens is 2. The molecule has 32 heavy (non-hydrogen) atoms. The van der Waals surface area contributed by atoms with E-state index in [1.54, 1.807) is 6.20 Å². The van der Waals surface area contributed by atoms with Crippen LogP contribution in [0, 0.1) is 13.8 Å². The maximum atomic E-state index is 12.2. The van der Waals surface area contributed by atoms with Crippen LogP contribution in [0.1, 0.15) is 16.7 Å². The molecule has 1 fully saturated rings. The minimum atomic E-state index is -0.0185. The summed E-state index contributed by atoms with van der Waals surface area (Å²) in [5, 5.41) is 3.58. The lowest BCUT2D eigenvalue weighted by atomic mass is 10.1. The summed E-state index contributed by atoms with van der Waals surface area (Å²) in [5.74, 6) is 1.21. The lowest BCUT2D eigenvalue weighted by molar-refractivity contribution is -0.118. The molecule has 7 heteroatoms. The molecular weight excluding hydrogens is 418 g/mol. The highest BCUT2D eigenvalue weighted by Gasteiger charge is 2.20. The van der Waals surface area contributed by atoms with Crippen molar-refractivity contribution in [3.63, 3.8) is 0 Å². The number of nitrogens with zero attached hydrogens (tertiary/aromatic N) is 4. The van der Waals surface area contributed by atoms with Gasteiger partial charge >= 0.3 is 0 Å². The van der Waals surface area contributed by atoms with Crippen molar-refractivity contribution in [1.29, 1.82) is 0 Å². The van der Waals surface area contributed by atoms with Crippen LogP contribution in [0.2, 0.25) is 0 Å². The summed E-state index contributed by atoms with van der Waals surface area (Å²) < 4.78 is 0. The Kier molecular flexibility index (Phi) is 7.27. The predicted molar refractivity (Wildman–Crippen MR) is 131 cm³/mol. The molecule has 0 atom stereocenters. The quantitative estimate of drug-likeness (QED) is 0.439. The largest absolute Gasteiger partial charge is 0.368 e. The van der Waals surface area contributed by atoms with Crippen molar-refractivity contribution < 1.29 is 4.79 Å². The van der Waals surface area contributed by atoms with Gasteiger partial charge in [-0.25, -0.2) is 9.97 Å². The van der Waals surface area contributed by atoms with Crippen LogP contribution >= 0.6 is 11.8 Å². The Morgan fingerprint density at radius 1 is 1.00 bits per heavy atom. The smallest absolute Gasteiger partial charge is 0.230 e. The Morgan fingerprint density at radius 2 is 1.75 bits per heavy atom. The molecule has 1 aliphatic rings. The van der Waals surface area contributed by atoms with Crippen LogP contribution < -0.4 is 15.1 Å². The number of thioether (sulfide) groups is 1. The standard InChI is InChI=1S/C25H29N5OS/c1-19-8-9-20(2)22(16-19)29-12-14-30(15-13-29)23-10-11-26-25(28-23)32-18-24(31)27-17-21-6-4-3-5-7-21/h3-11,16H,12-15,17-18H2,1-2H3,(H,27,31). The van der Waals surface area contributed by atoms with Crippen molar-refractivity contribution in [2.24, 2.45) is 0 Å². The van der Waals surface area contributed by atoms with Crippen LogP contribution in [-0.2, 0) is 11.3 Å². The third-order valence-electron chi connectivity index (χ3n) is 5.59. The minimum absolute atomic E-state index is 0.0185. The molecule has 0 aliphatic carbocycles. The normalized spacial score (nSPS) is 13.8. The van der Waals surface area contributed by atoms with E-state index in [0.717, 1.165) is 37.6 Å². The lowest BCUT2D eigenvalue weighted by Crippen LogP contribution is -2.47. The number of benzene rings is 2. The first-order chi connectivity index (χ1) is 15.6. The maximum absolute atomic E-state index is 12.2. The second-order valence-corrected chi connectivity index (χ2v) is 8.95. The second kappa shape index (κ2) is 10.5. The van der Waals surface area contributed by atoms with Crippen LogP contribution in [0.3, 0.4) is 0 Å². The molecular formula is C25H29N5OS. The summed E-state index contributed by atoms with van der Waals surface area (Å²) in [6.07, 6.45) is 1.78. The number of nitrogens with one attached hydrogen (secondary N) is 1. The molecule has 0 unspecified atom stereocenters. The number of aryl methyl sites for hydroxylation is 2. The van der Waals surface area contributed by atoms with Crippen molar-refractivity contribution in [2.75, 3.05) is 41.7 Å². The Morgan fingerprint density at radius 3 is 2.53 bits per heavy atom. The molecule has 3 aromatic rings. The molecule has 4 rings (SSSR count). The number of piperazine rings is 1. The average Bonchev–Trinajstić information content (AvgIpc) is 2.84. The van der Waals surface area contributed by atoms with Gasteiger partial charge in [0.25, 0.3) is 0 Å². The topological polar surface area (TPSA) is 61.4 Å². The van der Waals surface area contributed by atoms with Crippen molar-refractivity contribution >= 4 is 29.2 Å². The minimum Gasteiger partial charge on any atom is -0.368 e. The molecule has 1 saturated heterocycles. The van der Waals surface area contributed by atoms with Gasteiger partial charge < -0.3 is 15.1 Å². The molecule has 1 N–H and O–H groups in total. The summed E-state index contributed by atoms with van der Waals surface area (Å²) in [5.41, 5.74) is 5.02. The number of carbonyl (C=O) groups excluding carboxylic acids is 1. The van der Waals surface area contributed by atoms with Gasteiger partial charge in [0.1, 0.15) is 5.82 Å². The van der Waals surface area contributed by atoms with E-state index in [2.05, 4.69) is 52.1 Å². The molecule has 1 aromatic heterocycles. The molecule has 0 saturated carbocycles. The van der Waals surface area contributed by atoms with Crippen LogP contribution in [0.15, 0.2) is 66.0 Å². The fraction of sp³-hybridized carbons (Fsp3) is 0.320. The highest BCUT2D eigenvalue weighted by atomic mass is 32.2. The van der Waals surface area contributed by atoms with Gasteiger partial charge in [0.15, 0.2) is 5.16 Å². The SMILES string of the molecule is Cc1ccc(C)c(N2CCN(c3ccnc(SCC(=O)NCc4ccccc4)n3)CC2)c1. The van der Waals surface area contributed by atoms with Crippen LogP contribution in [-0.4, -0.2) is 47.8 Å². The second-order valence-electron chi connectivity index (χ2n) is 8.01. The van der Waals surface area contributed by atoms with Crippen molar-refractivity contribution in [1.82, 2.24) is 15.3 Å². The van der Waals surface area contributed by atoms with Crippen LogP contribution in [0.4, 0.5) is 11.5 Å². The zero-order valence-corrected chi connectivity index (χ0v) is 19.4. The van der Waals surface area contributed by atoms with Gasteiger partial charge in [-0.2, -0.15) is 0 Å². The van der Waals surface area contributed by atoms with E-state index in [0.29, 0.717) is 17.5 Å². The summed E-state index contributed by atoms with van der Waals surface area (Å²) in [4.78, 5) is 26.0. The van der Waals surface area contributed by atoms with Gasteiger partial charge in [0.05, 0.1) is 5.75 Å². The Bertz CT molecular complexity index is 1050. The molecule has 1 amide bonds. The van der Waals surface area contributed by atoms with Crippen LogP contribution in [0.5, 0.6) is 0 Å². The molecule has 1 aliphatic heterocycles. The van der Waals surface area contributed by atoms with Gasteiger partial charge in [0, 0.05) is 44.6 Å². The first-order valence-corrected chi connectivity index (χ1v) is 11.9. The number of hydrogen-bond acceptors (Lipinski definition) is 6. The zero-order chi connectivity index (χ0) is 22.3. The number of hydrogen-bond donors (Lipinski definition) is 1. The van der Waals surface area contributed by atoms with Gasteiger partial charge in [-0.05, 0) is 42.7 Å². The molecule has 166 valence electrons. The first kappa shape index (κ1) is 22.1. The van der Waals surface area contributed by atoms with Gasteiger partial charge in [-0.1, -0.05) is 54.2 Å². The van der Waals surface area contributed by atoms with E-state index in [4.69, 9.17) is 4.98 Å². The van der Waals surface area contributed by atoms with Crippen molar-refractivity contribution in [3.8, 4) is 0 Å². The number of anilines is 2. The highest BCUT2D eigenvalue weighted by molar-refractivity contribution is 7.99. The third-order valence-corrected chi connectivity index (χ3v) is 6.45. The van der Waals surface area contributed by atoms with Gasteiger partial charge in [-0.3, -0.25) is 4.79 Å². The molecule has 0 spiro atoms. The van der Waals surface area contributed by atoms with E-state index in [-0.39, 0.29) is 5.91 Å². The molecule has 0 bridgehead atoms. The number of amides is 1. The summed E-state index contributed by atoms with van der Waals surface area (Å²) in [6, 6.07) is 18.5. The lowest BCUT2D eigenvalue weighted by Gasteiger charge is -2.37. The predicted octanol–water partition coefficient (Wildman–Crippen LogP) is 3.83. The van der Waals surface area contributed by atoms with E-state index < -0.39 is 0 Å². The summed E-state index contributed by atoms with van der Waals surface area (Å²) >= 11 is 1.37. The van der Waals surface area contributed by atoms with Crippen molar-refractivity contribution in [3.05, 3.63) is 77.5 Å². The van der Waals surface area contributed by atoms with Gasteiger partial charge in [-0.15, -0.1) is 0 Å². The van der Waals surface area contributed by atoms with E-state index in [1.165, 1.54) is 28.6 Å². The highest BCUT2D eigenvalue weighted by Crippen LogP contribution is 2.24. The first-order valence-electron chi connectivity index (χ1n) is 10.9. The number of rotatable bonds is 7. The molecule has 2 aromatic carbocycles. The Labute approximate surface area is 194 Å². The van der Waals surface area contributed by atoms with Gasteiger partial charge in [0.2, 0.25) is 5.91 Å². The van der Waals surface area contributed by atoms with E-state index >= 15 is 0 Å². The third kappa shape index (κ3) is 5.79. The Balaban J connectivity index is 1.28. The molecule has 2 heterocycles. The number of carbonyl (C=O) groups is 1. The summed E-state index contributed by atoms with van der Waals surface area (Å²) in [7, 11) is 0. The Hall–Kier alpha value is -3.06. The fourth-order valence-corrected chi connectivity index (χ4v) is 4.45. The fourth-order valence-electron chi connectivity index (χ4n) is 3.79. The maximum Gasteiger partial charge on any atom is 0.230 e. The molecule has 0 radical (unpaired) electrons. The van der Waals surface area contributed by atoms with E-state index in [1.807, 2.05) is 36.4 Å². The zero-order valence-electron chi connectivity index (χ0n) is 18.6. The van der Waals surface area contributed by atoms with Crippen LogP contribution in [0.25, 0.3) is 0 Å². The van der Waals surface area contributed by atoms with Crippen molar-refractivity contribution in [2.45, 2.75) is 25.5 Å². The molecule has 6 nitrogen and oxygen atoms in total. The van der Waals surface area contributed by atoms with E-state index in [9.17, 15) is 4.79 Å². The summed E-state index contributed by atoms with van der Waals surface area (Å²) in [6.45, 7) is 8.58. The monoisotopic (exact) mass is 447 g/mol. The average molecular weight is 448 g/mol.